The Labute approximate surface area is 155 Å². The fourth-order valence-electron chi connectivity index (χ4n) is 2.91. The van der Waals surface area contributed by atoms with Crippen LogP contribution in [0.25, 0.3) is 0 Å². The molecular weight excluding hydrogens is 334 g/mol. The monoisotopic (exact) mass is 359 g/mol. The van der Waals surface area contributed by atoms with Crippen molar-refractivity contribution in [2.24, 2.45) is 0 Å². The molecule has 2 atom stereocenters. The molecule has 0 aliphatic heterocycles. The number of nitrogens with one attached hydrogen (secondary N) is 1. The van der Waals surface area contributed by atoms with Crippen LogP contribution < -0.4 is 10.1 Å². The van der Waals surface area contributed by atoms with Crippen LogP contribution in [0, 0.1) is 13.8 Å². The molecule has 0 radical (unpaired) electrons. The number of ether oxygens (including phenoxy) is 1. The van der Waals surface area contributed by atoms with Crippen LogP contribution >= 0.6 is 11.6 Å². The van der Waals surface area contributed by atoms with Gasteiger partial charge in [-0.05, 0) is 56.0 Å². The first-order chi connectivity index (χ1) is 11.9. The smallest absolute Gasteiger partial charge is 0.261 e. The molecule has 0 fully saturated rings. The van der Waals surface area contributed by atoms with Crippen molar-refractivity contribution in [1.29, 1.82) is 0 Å². The third kappa shape index (κ3) is 5.23. The fourth-order valence-corrected chi connectivity index (χ4v) is 3.09. The van der Waals surface area contributed by atoms with Crippen molar-refractivity contribution in [3.05, 3.63) is 64.2 Å². The number of rotatable bonds is 7. The zero-order valence-electron chi connectivity index (χ0n) is 15.3. The van der Waals surface area contributed by atoms with Crippen LogP contribution in [0.1, 0.15) is 49.4 Å². The van der Waals surface area contributed by atoms with E-state index in [4.69, 9.17) is 16.3 Å². The summed E-state index contributed by atoms with van der Waals surface area (Å²) >= 11 is 5.99. The van der Waals surface area contributed by atoms with E-state index >= 15 is 0 Å². The highest BCUT2D eigenvalue weighted by atomic mass is 35.5. The Morgan fingerprint density at radius 2 is 1.88 bits per heavy atom. The number of amides is 1. The molecule has 3 nitrogen and oxygen atoms in total. The molecular formula is C21H26ClNO2. The van der Waals surface area contributed by atoms with E-state index in [0.717, 1.165) is 12.0 Å². The summed E-state index contributed by atoms with van der Waals surface area (Å²) in [5.41, 5.74) is 3.56. The van der Waals surface area contributed by atoms with Gasteiger partial charge in [-0.2, -0.15) is 0 Å². The summed E-state index contributed by atoms with van der Waals surface area (Å²) in [6.07, 6.45) is 0.864. The predicted molar refractivity (Wildman–Crippen MR) is 103 cm³/mol. The lowest BCUT2D eigenvalue weighted by molar-refractivity contribution is -0.128. The van der Waals surface area contributed by atoms with Crippen molar-refractivity contribution in [3.8, 4) is 5.75 Å². The van der Waals surface area contributed by atoms with Gasteiger partial charge in [0.15, 0.2) is 6.10 Å². The van der Waals surface area contributed by atoms with E-state index < -0.39 is 6.10 Å². The number of hydrogen-bond donors (Lipinski definition) is 1. The van der Waals surface area contributed by atoms with Gasteiger partial charge in [0, 0.05) is 5.02 Å². The molecule has 1 amide bonds. The molecule has 0 bridgehead atoms. The average molecular weight is 360 g/mol. The summed E-state index contributed by atoms with van der Waals surface area (Å²) in [4.78, 5) is 12.7. The van der Waals surface area contributed by atoms with Gasteiger partial charge in [0.25, 0.3) is 5.91 Å². The number of carbonyl (C=O) groups excluding carboxylic acids is 1. The van der Waals surface area contributed by atoms with Crippen LogP contribution in [0.5, 0.6) is 5.75 Å². The lowest BCUT2D eigenvalue weighted by atomic mass is 9.97. The Balaban J connectivity index is 2.11. The number of benzene rings is 2. The maximum absolute atomic E-state index is 12.7. The van der Waals surface area contributed by atoms with Gasteiger partial charge in [0.1, 0.15) is 5.75 Å². The number of carbonyl (C=O) groups is 1. The summed E-state index contributed by atoms with van der Waals surface area (Å²) in [6, 6.07) is 13.4. The first-order valence-corrected chi connectivity index (χ1v) is 9.12. The number of hydrogen-bond acceptors (Lipinski definition) is 2. The minimum Gasteiger partial charge on any atom is -0.481 e. The van der Waals surface area contributed by atoms with Gasteiger partial charge < -0.3 is 10.1 Å². The predicted octanol–water partition coefficient (Wildman–Crippen LogP) is 5.38. The van der Waals surface area contributed by atoms with Crippen molar-refractivity contribution >= 4 is 17.5 Å². The highest BCUT2D eigenvalue weighted by Gasteiger charge is 2.22. The molecule has 0 unspecified atom stereocenters. The quantitative estimate of drug-likeness (QED) is 0.720. The molecule has 0 saturated heterocycles. The first kappa shape index (κ1) is 19.3. The molecule has 0 spiro atoms. The molecule has 0 saturated carbocycles. The van der Waals surface area contributed by atoms with E-state index in [-0.39, 0.29) is 11.9 Å². The molecule has 2 aromatic carbocycles. The van der Waals surface area contributed by atoms with Crippen LogP contribution in [0.2, 0.25) is 5.02 Å². The van der Waals surface area contributed by atoms with Gasteiger partial charge in [0.2, 0.25) is 0 Å². The molecule has 2 rings (SSSR count). The second kappa shape index (κ2) is 8.91. The average Bonchev–Trinajstić information content (AvgIpc) is 2.58. The highest BCUT2D eigenvalue weighted by molar-refractivity contribution is 6.30. The standard InChI is InChI=1S/C21H26ClNO2/c1-5-19(18-11-10-14(3)12-15(18)4)23-21(24)20(6-2)25-17-9-7-8-16(22)13-17/h7-13,19-20H,5-6H2,1-4H3,(H,23,24)/t19-,20+/m1/s1. The summed E-state index contributed by atoms with van der Waals surface area (Å²) in [6.45, 7) is 8.16. The van der Waals surface area contributed by atoms with E-state index in [0.29, 0.717) is 17.2 Å². The lowest BCUT2D eigenvalue weighted by Gasteiger charge is -2.23. The van der Waals surface area contributed by atoms with Crippen molar-refractivity contribution < 1.29 is 9.53 Å². The van der Waals surface area contributed by atoms with Crippen LogP contribution in [-0.4, -0.2) is 12.0 Å². The SMILES string of the molecule is CC[C@H](Oc1cccc(Cl)c1)C(=O)N[C@H](CC)c1ccc(C)cc1C. The maximum Gasteiger partial charge on any atom is 0.261 e. The lowest BCUT2D eigenvalue weighted by Crippen LogP contribution is -2.40. The molecule has 25 heavy (non-hydrogen) atoms. The summed E-state index contributed by atoms with van der Waals surface area (Å²) in [5, 5.41) is 3.72. The number of halogens is 1. The van der Waals surface area contributed by atoms with E-state index in [1.807, 2.05) is 19.1 Å². The highest BCUT2D eigenvalue weighted by Crippen LogP contribution is 2.23. The summed E-state index contributed by atoms with van der Waals surface area (Å²) < 4.78 is 5.84. The van der Waals surface area contributed by atoms with Gasteiger partial charge in [-0.25, -0.2) is 0 Å². The molecule has 0 aliphatic rings. The number of aryl methyl sites for hydroxylation is 2. The second-order valence-corrected chi connectivity index (χ2v) is 6.74. The van der Waals surface area contributed by atoms with E-state index in [2.05, 4.69) is 44.3 Å². The summed E-state index contributed by atoms with van der Waals surface area (Å²) in [5.74, 6) is 0.503. The Kier molecular flexibility index (Phi) is 6.89. The van der Waals surface area contributed by atoms with Crippen LogP contribution in [0.3, 0.4) is 0 Å². The van der Waals surface area contributed by atoms with Crippen LogP contribution in [-0.2, 0) is 4.79 Å². The molecule has 4 heteroatoms. The van der Waals surface area contributed by atoms with E-state index in [9.17, 15) is 4.79 Å². The fraction of sp³-hybridized carbons (Fsp3) is 0.381. The molecule has 1 N–H and O–H groups in total. The van der Waals surface area contributed by atoms with Crippen molar-refractivity contribution in [3.63, 3.8) is 0 Å². The Hall–Kier alpha value is -2.00. The van der Waals surface area contributed by atoms with Crippen molar-refractivity contribution in [1.82, 2.24) is 5.32 Å². The van der Waals surface area contributed by atoms with Gasteiger partial charge in [0.05, 0.1) is 6.04 Å². The topological polar surface area (TPSA) is 38.3 Å². The first-order valence-electron chi connectivity index (χ1n) is 8.74. The van der Waals surface area contributed by atoms with Crippen molar-refractivity contribution in [2.75, 3.05) is 0 Å². The van der Waals surface area contributed by atoms with E-state index in [1.165, 1.54) is 11.1 Å². The second-order valence-electron chi connectivity index (χ2n) is 6.30. The summed E-state index contributed by atoms with van der Waals surface area (Å²) in [7, 11) is 0. The molecule has 0 aliphatic carbocycles. The third-order valence-electron chi connectivity index (χ3n) is 4.26. The zero-order valence-corrected chi connectivity index (χ0v) is 16.1. The Morgan fingerprint density at radius 1 is 1.12 bits per heavy atom. The minimum atomic E-state index is -0.543. The normalized spacial score (nSPS) is 13.2. The molecule has 134 valence electrons. The molecule has 0 heterocycles. The minimum absolute atomic E-state index is 0.0230. The maximum atomic E-state index is 12.7. The van der Waals surface area contributed by atoms with Crippen molar-refractivity contribution in [2.45, 2.75) is 52.7 Å². The van der Waals surface area contributed by atoms with Gasteiger partial charge in [-0.3, -0.25) is 4.79 Å². The molecule has 0 aromatic heterocycles. The van der Waals surface area contributed by atoms with Crippen LogP contribution in [0.4, 0.5) is 0 Å². The molecule has 2 aromatic rings. The van der Waals surface area contributed by atoms with Crippen LogP contribution in [0.15, 0.2) is 42.5 Å². The van der Waals surface area contributed by atoms with E-state index in [1.54, 1.807) is 12.1 Å². The Bertz CT molecular complexity index is 730. The Morgan fingerprint density at radius 3 is 2.48 bits per heavy atom. The van der Waals surface area contributed by atoms with Gasteiger partial charge in [-0.1, -0.05) is 55.3 Å². The largest absolute Gasteiger partial charge is 0.481 e. The van der Waals surface area contributed by atoms with Gasteiger partial charge >= 0.3 is 0 Å². The zero-order chi connectivity index (χ0) is 18.4. The van der Waals surface area contributed by atoms with Gasteiger partial charge in [-0.15, -0.1) is 0 Å². The third-order valence-corrected chi connectivity index (χ3v) is 4.50.